The summed E-state index contributed by atoms with van der Waals surface area (Å²) < 4.78 is 35.8. The van der Waals surface area contributed by atoms with Crippen LogP contribution in [-0.4, -0.2) is 64.6 Å². The Kier molecular flexibility index (Phi) is 4.04. The molecule has 1 saturated heterocycles. The fraction of sp³-hybridized carbons (Fsp3) is 0.500. The Morgan fingerprint density at radius 2 is 2.12 bits per heavy atom. The lowest BCUT2D eigenvalue weighted by molar-refractivity contribution is -0.177. The quantitative estimate of drug-likeness (QED) is 0.385. The summed E-state index contributed by atoms with van der Waals surface area (Å²) in [4.78, 5) is 28.6. The van der Waals surface area contributed by atoms with Gasteiger partial charge in [-0.05, 0) is 0 Å². The third kappa shape index (κ3) is 2.65. The summed E-state index contributed by atoms with van der Waals surface area (Å²) >= 11 is 0. The number of nitrogen functional groups attached to an aromatic ring is 1. The highest BCUT2D eigenvalue weighted by molar-refractivity contribution is 7.46. The molecule has 0 spiro atoms. The van der Waals surface area contributed by atoms with Gasteiger partial charge in [-0.2, -0.15) is 0 Å². The minimum Gasteiger partial charge on any atom is -0.385 e. The molecule has 1 unspecified atom stereocenters. The monoisotopic (exact) mass is 365 g/mol. The smallest absolute Gasteiger partial charge is 0.385 e. The number of hydrogen-bond acceptors (Lipinski definition) is 9. The molecule has 2 aromatic rings. The van der Waals surface area contributed by atoms with E-state index in [2.05, 4.69) is 19.5 Å². The van der Waals surface area contributed by atoms with Gasteiger partial charge >= 0.3 is 7.82 Å². The normalized spacial score (nSPS) is 31.0. The summed E-state index contributed by atoms with van der Waals surface area (Å²) in [7, 11) is -4.86. The van der Waals surface area contributed by atoms with Crippen LogP contribution in [0.5, 0.6) is 0 Å². The molecule has 0 bridgehead atoms. The van der Waals surface area contributed by atoms with Gasteiger partial charge in [0.1, 0.15) is 30.4 Å². The average Bonchev–Trinajstić information content (AvgIpc) is 3.02. The highest BCUT2D eigenvalue weighted by atomic mass is 31.2. The van der Waals surface area contributed by atoms with Crippen molar-refractivity contribution in [3.63, 3.8) is 0 Å². The Morgan fingerprint density at radius 3 is 2.79 bits per heavy atom. The van der Waals surface area contributed by atoms with Gasteiger partial charge in [0.05, 0.1) is 6.61 Å². The van der Waals surface area contributed by atoms with Crippen LogP contribution in [0.4, 0.5) is 10.2 Å². The molecule has 1 aliphatic rings. The van der Waals surface area contributed by atoms with Gasteiger partial charge in [0, 0.05) is 0 Å². The molecule has 6 N–H and O–H groups in total. The zero-order valence-electron chi connectivity index (χ0n) is 11.8. The minimum atomic E-state index is -4.86. The average molecular weight is 365 g/mol. The number of nitrogens with two attached hydrogens (primary N) is 1. The van der Waals surface area contributed by atoms with Crippen LogP contribution in [0.3, 0.4) is 0 Å². The molecule has 12 nitrogen and oxygen atoms in total. The van der Waals surface area contributed by atoms with Gasteiger partial charge in [-0.1, -0.05) is 0 Å². The Labute approximate surface area is 132 Å². The first-order valence-electron chi connectivity index (χ1n) is 6.49. The van der Waals surface area contributed by atoms with Crippen molar-refractivity contribution in [1.82, 2.24) is 19.5 Å². The molecule has 24 heavy (non-hydrogen) atoms. The molecule has 2 aromatic heterocycles. The van der Waals surface area contributed by atoms with Crippen molar-refractivity contribution < 1.29 is 38.2 Å². The van der Waals surface area contributed by atoms with Crippen LogP contribution in [0.2, 0.25) is 0 Å². The van der Waals surface area contributed by atoms with Crippen LogP contribution < -0.4 is 5.73 Å². The number of phosphoric acid groups is 1. The lowest BCUT2D eigenvalue weighted by Crippen LogP contribution is -2.47. The van der Waals surface area contributed by atoms with Crippen LogP contribution >= 0.6 is 7.82 Å². The summed E-state index contributed by atoms with van der Waals surface area (Å²) in [6.07, 6.45) is -3.77. The molecule has 0 aromatic carbocycles. The Morgan fingerprint density at radius 1 is 1.42 bits per heavy atom. The molecule has 3 rings (SSSR count). The van der Waals surface area contributed by atoms with Crippen molar-refractivity contribution in [2.24, 2.45) is 0 Å². The van der Waals surface area contributed by atoms with E-state index in [-0.39, 0.29) is 17.0 Å². The number of anilines is 1. The van der Waals surface area contributed by atoms with E-state index in [9.17, 15) is 14.8 Å². The number of hydrogen-bond donors (Lipinski definition) is 5. The molecule has 0 radical (unpaired) electrons. The molecule has 1 aliphatic heterocycles. The van der Waals surface area contributed by atoms with E-state index in [1.54, 1.807) is 0 Å². The van der Waals surface area contributed by atoms with Gasteiger partial charge in [0.25, 0.3) is 5.79 Å². The maximum Gasteiger partial charge on any atom is 0.469 e. The first kappa shape index (κ1) is 17.1. The van der Waals surface area contributed by atoms with Crippen LogP contribution in [0.15, 0.2) is 12.7 Å². The van der Waals surface area contributed by atoms with Crippen molar-refractivity contribution in [2.45, 2.75) is 24.3 Å². The molecule has 132 valence electrons. The van der Waals surface area contributed by atoms with Gasteiger partial charge in [-0.15, -0.1) is 0 Å². The third-order valence-electron chi connectivity index (χ3n) is 3.55. The lowest BCUT2D eigenvalue weighted by Gasteiger charge is -2.27. The van der Waals surface area contributed by atoms with Crippen LogP contribution in [0.1, 0.15) is 0 Å². The number of aliphatic hydroxyl groups excluding tert-OH is 2. The van der Waals surface area contributed by atoms with Gasteiger partial charge < -0.3 is 30.5 Å². The molecular formula is C10H13FN5O7P. The molecule has 0 saturated carbocycles. The Hall–Kier alpha value is -1.73. The molecule has 3 heterocycles. The number of imidazole rings is 1. The van der Waals surface area contributed by atoms with E-state index < -0.39 is 38.7 Å². The van der Waals surface area contributed by atoms with E-state index >= 15 is 4.39 Å². The molecule has 1 fully saturated rings. The van der Waals surface area contributed by atoms with Gasteiger partial charge in [-0.3, -0.25) is 9.09 Å². The van der Waals surface area contributed by atoms with Crippen LogP contribution in [0.25, 0.3) is 11.2 Å². The number of ether oxygens (including phenoxy) is 1. The number of phosphoric ester groups is 1. The van der Waals surface area contributed by atoms with Gasteiger partial charge in [-0.25, -0.2) is 23.9 Å². The topological polar surface area (TPSA) is 186 Å². The van der Waals surface area contributed by atoms with Crippen molar-refractivity contribution in [2.75, 3.05) is 12.3 Å². The van der Waals surface area contributed by atoms with Crippen LogP contribution in [-0.2, 0) is 19.6 Å². The molecule has 0 amide bonds. The van der Waals surface area contributed by atoms with Crippen molar-refractivity contribution in [1.29, 1.82) is 0 Å². The number of nitrogens with zero attached hydrogens (tertiary/aromatic N) is 4. The zero-order chi connectivity index (χ0) is 17.7. The number of fused-ring (bicyclic) bond motifs is 1. The number of rotatable bonds is 4. The van der Waals surface area contributed by atoms with Crippen molar-refractivity contribution >= 4 is 24.8 Å². The molecular weight excluding hydrogens is 352 g/mol. The maximum absolute atomic E-state index is 15.3. The summed E-state index contributed by atoms with van der Waals surface area (Å²) in [5.41, 5.74) is 5.53. The summed E-state index contributed by atoms with van der Waals surface area (Å²) in [5, 5.41) is 20.0. The number of aromatic nitrogens is 4. The highest BCUT2D eigenvalue weighted by Gasteiger charge is 2.59. The fourth-order valence-electron chi connectivity index (χ4n) is 2.41. The lowest BCUT2D eigenvalue weighted by atomic mass is 10.1. The third-order valence-corrected chi connectivity index (χ3v) is 4.04. The second kappa shape index (κ2) is 5.67. The van der Waals surface area contributed by atoms with Gasteiger partial charge in [0.15, 0.2) is 11.5 Å². The van der Waals surface area contributed by atoms with E-state index in [1.165, 1.54) is 0 Å². The Balaban J connectivity index is 1.96. The summed E-state index contributed by atoms with van der Waals surface area (Å²) in [5.74, 6) is -2.97. The number of halogens is 1. The second-order valence-electron chi connectivity index (χ2n) is 5.03. The van der Waals surface area contributed by atoms with E-state index in [1.807, 2.05) is 0 Å². The first-order chi connectivity index (χ1) is 11.1. The first-order valence-corrected chi connectivity index (χ1v) is 8.02. The number of alkyl halides is 1. The fourth-order valence-corrected chi connectivity index (χ4v) is 2.75. The SMILES string of the molecule is Nc1ncnc2c1ncn2[C@@]1(F)C(O)O[C@H](COP(=O)(O)O)[C@H]1O. The molecule has 0 aliphatic carbocycles. The zero-order valence-corrected chi connectivity index (χ0v) is 12.7. The minimum absolute atomic E-state index is 0.0355. The van der Waals surface area contributed by atoms with E-state index in [0.29, 0.717) is 4.57 Å². The maximum atomic E-state index is 15.3. The molecule has 4 atom stereocenters. The van der Waals surface area contributed by atoms with Crippen LogP contribution in [0, 0.1) is 0 Å². The predicted octanol–water partition coefficient (Wildman–Crippen LogP) is -1.78. The molecule has 14 heteroatoms. The largest absolute Gasteiger partial charge is 0.469 e. The number of aliphatic hydroxyl groups is 2. The highest BCUT2D eigenvalue weighted by Crippen LogP contribution is 2.42. The predicted molar refractivity (Wildman–Crippen MR) is 73.7 cm³/mol. The van der Waals surface area contributed by atoms with Crippen molar-refractivity contribution in [3.8, 4) is 0 Å². The summed E-state index contributed by atoms with van der Waals surface area (Å²) in [6, 6.07) is 0. The second-order valence-corrected chi connectivity index (χ2v) is 6.27. The Bertz CT molecular complexity index is 814. The van der Waals surface area contributed by atoms with Gasteiger partial charge in [0.2, 0.25) is 6.29 Å². The van der Waals surface area contributed by atoms with Crippen molar-refractivity contribution in [3.05, 3.63) is 12.7 Å². The standard InChI is InChI=1S/C10H13FN5O7P/c11-10(16-3-15-5-7(12)13-2-14-8(5)16)6(17)4(23-9(10)18)1-22-24(19,20)21/h2-4,6,9,17-18H,1H2,(H2,12,13,14)(H2,19,20,21)/t4-,6-,9?,10-/m1/s1. The summed E-state index contributed by atoms with van der Waals surface area (Å²) in [6.45, 7) is -0.849. The van der Waals surface area contributed by atoms with E-state index in [4.69, 9.17) is 20.3 Å². The van der Waals surface area contributed by atoms with E-state index in [0.717, 1.165) is 12.7 Å².